The van der Waals surface area contributed by atoms with Crippen LogP contribution in [0, 0.1) is 0 Å². The Kier molecular flexibility index (Phi) is 12.0. The molecule has 0 spiro atoms. The molecule has 0 radical (unpaired) electrons. The topological polar surface area (TPSA) is 45.7 Å². The number of nitrogens with one attached hydrogen (secondary N) is 2. The number of nitrogens with zero attached hydrogens (tertiary/aromatic N) is 1. The van der Waals surface area contributed by atoms with E-state index in [2.05, 4.69) is 15.6 Å². The number of rotatable bonds is 7. The molecule has 0 aromatic rings. The Morgan fingerprint density at radius 3 is 2.56 bits per heavy atom. The van der Waals surface area contributed by atoms with Crippen LogP contribution in [0.25, 0.3) is 0 Å². The van der Waals surface area contributed by atoms with E-state index >= 15 is 0 Å². The molecule has 18 heavy (non-hydrogen) atoms. The number of hydrogen-bond donors (Lipinski definition) is 2. The lowest BCUT2D eigenvalue weighted by molar-refractivity contribution is 0.192. The van der Waals surface area contributed by atoms with Crippen molar-refractivity contribution < 1.29 is 4.74 Å². The molecule has 1 rings (SSSR count). The zero-order chi connectivity index (χ0) is 12.3. The van der Waals surface area contributed by atoms with Gasteiger partial charge in [0.05, 0.1) is 0 Å². The Balaban J connectivity index is 0.00000289. The Bertz CT molecular complexity index is 218. The molecule has 1 fully saturated rings. The summed E-state index contributed by atoms with van der Waals surface area (Å²) in [5.41, 5.74) is 0. The number of methoxy groups -OCH3 is 1. The Morgan fingerprint density at radius 1 is 1.22 bits per heavy atom. The van der Waals surface area contributed by atoms with Crippen molar-refractivity contribution in [3.8, 4) is 0 Å². The SMILES string of the molecule is CN=C(NCCCCCOC)NC1CCCC1.I. The van der Waals surface area contributed by atoms with E-state index in [9.17, 15) is 0 Å². The lowest BCUT2D eigenvalue weighted by Gasteiger charge is -2.16. The van der Waals surface area contributed by atoms with Crippen molar-refractivity contribution in [1.82, 2.24) is 10.6 Å². The van der Waals surface area contributed by atoms with E-state index in [0.29, 0.717) is 6.04 Å². The lowest BCUT2D eigenvalue weighted by Crippen LogP contribution is -2.42. The molecule has 0 aromatic heterocycles. The van der Waals surface area contributed by atoms with Gasteiger partial charge in [0.1, 0.15) is 0 Å². The van der Waals surface area contributed by atoms with Crippen LogP contribution in [0.4, 0.5) is 0 Å². The van der Waals surface area contributed by atoms with Crippen molar-refractivity contribution in [2.75, 3.05) is 27.3 Å². The van der Waals surface area contributed by atoms with Crippen LogP contribution >= 0.6 is 24.0 Å². The van der Waals surface area contributed by atoms with E-state index in [1.54, 1.807) is 7.11 Å². The van der Waals surface area contributed by atoms with E-state index in [-0.39, 0.29) is 24.0 Å². The fourth-order valence-electron chi connectivity index (χ4n) is 2.21. The van der Waals surface area contributed by atoms with Crippen LogP contribution in [-0.2, 0) is 4.74 Å². The second kappa shape index (κ2) is 12.0. The molecule has 1 aliphatic rings. The first kappa shape index (κ1) is 18.0. The fraction of sp³-hybridized carbons (Fsp3) is 0.923. The summed E-state index contributed by atoms with van der Waals surface area (Å²) in [4.78, 5) is 4.26. The van der Waals surface area contributed by atoms with Crippen LogP contribution in [0.2, 0.25) is 0 Å². The van der Waals surface area contributed by atoms with Crippen LogP contribution in [0.1, 0.15) is 44.9 Å². The van der Waals surface area contributed by atoms with Crippen LogP contribution in [0.5, 0.6) is 0 Å². The van der Waals surface area contributed by atoms with E-state index in [1.807, 2.05) is 7.05 Å². The van der Waals surface area contributed by atoms with Crippen molar-refractivity contribution in [1.29, 1.82) is 0 Å². The molecule has 4 nitrogen and oxygen atoms in total. The zero-order valence-corrected chi connectivity index (χ0v) is 14.0. The maximum absolute atomic E-state index is 5.02. The first-order chi connectivity index (χ1) is 8.36. The van der Waals surface area contributed by atoms with Crippen LogP contribution < -0.4 is 10.6 Å². The summed E-state index contributed by atoms with van der Waals surface area (Å²) in [6.07, 6.45) is 8.81. The summed E-state index contributed by atoms with van der Waals surface area (Å²) in [5.74, 6) is 0.962. The molecule has 0 aromatic carbocycles. The molecule has 2 N–H and O–H groups in total. The number of unbranched alkanes of at least 4 members (excludes halogenated alkanes) is 2. The summed E-state index contributed by atoms with van der Waals surface area (Å²) < 4.78 is 5.02. The second-order valence-electron chi connectivity index (χ2n) is 4.68. The van der Waals surface area contributed by atoms with Crippen molar-refractivity contribution >= 4 is 29.9 Å². The van der Waals surface area contributed by atoms with Gasteiger partial charge < -0.3 is 15.4 Å². The highest BCUT2D eigenvalue weighted by Crippen LogP contribution is 2.17. The highest BCUT2D eigenvalue weighted by molar-refractivity contribution is 14.0. The van der Waals surface area contributed by atoms with Gasteiger partial charge in [0.25, 0.3) is 0 Å². The highest BCUT2D eigenvalue weighted by atomic mass is 127. The van der Waals surface area contributed by atoms with Gasteiger partial charge in [-0.2, -0.15) is 0 Å². The summed E-state index contributed by atoms with van der Waals surface area (Å²) in [5, 5.41) is 6.85. The van der Waals surface area contributed by atoms with Crippen molar-refractivity contribution in [2.45, 2.75) is 51.0 Å². The molecule has 0 bridgehead atoms. The average Bonchev–Trinajstić information content (AvgIpc) is 2.85. The van der Waals surface area contributed by atoms with Gasteiger partial charge >= 0.3 is 0 Å². The third-order valence-corrected chi connectivity index (χ3v) is 3.24. The average molecular weight is 369 g/mol. The van der Waals surface area contributed by atoms with Crippen LogP contribution in [-0.4, -0.2) is 39.3 Å². The smallest absolute Gasteiger partial charge is 0.191 e. The van der Waals surface area contributed by atoms with Crippen molar-refractivity contribution in [3.63, 3.8) is 0 Å². The van der Waals surface area contributed by atoms with E-state index in [1.165, 1.54) is 38.5 Å². The summed E-state index contributed by atoms with van der Waals surface area (Å²) in [6.45, 7) is 1.87. The molecular formula is C13H28IN3O. The van der Waals surface area contributed by atoms with Crippen LogP contribution in [0.3, 0.4) is 0 Å². The van der Waals surface area contributed by atoms with Crippen molar-refractivity contribution in [3.05, 3.63) is 0 Å². The molecule has 0 amide bonds. The van der Waals surface area contributed by atoms with Gasteiger partial charge in [-0.05, 0) is 32.1 Å². The summed E-state index contributed by atoms with van der Waals surface area (Å²) in [7, 11) is 3.60. The Hall–Kier alpha value is -0.0400. The Morgan fingerprint density at radius 2 is 1.94 bits per heavy atom. The third-order valence-electron chi connectivity index (χ3n) is 3.24. The maximum atomic E-state index is 5.02. The molecule has 108 valence electrons. The van der Waals surface area contributed by atoms with Gasteiger partial charge in [-0.1, -0.05) is 12.8 Å². The standard InChI is InChI=1S/C13H27N3O.HI/c1-14-13(16-12-8-4-5-9-12)15-10-6-3-7-11-17-2;/h12H,3-11H2,1-2H3,(H2,14,15,16);1H. The van der Waals surface area contributed by atoms with Gasteiger partial charge in [0, 0.05) is 33.4 Å². The largest absolute Gasteiger partial charge is 0.385 e. The first-order valence-electron chi connectivity index (χ1n) is 6.83. The zero-order valence-electron chi connectivity index (χ0n) is 11.7. The van der Waals surface area contributed by atoms with E-state index < -0.39 is 0 Å². The molecule has 0 saturated heterocycles. The van der Waals surface area contributed by atoms with Gasteiger partial charge in [0.2, 0.25) is 0 Å². The number of halogens is 1. The maximum Gasteiger partial charge on any atom is 0.191 e. The molecule has 1 aliphatic carbocycles. The number of aliphatic imine (C=N–C) groups is 1. The number of ether oxygens (including phenoxy) is 1. The summed E-state index contributed by atoms with van der Waals surface area (Å²) >= 11 is 0. The molecule has 0 atom stereocenters. The summed E-state index contributed by atoms with van der Waals surface area (Å²) in [6, 6.07) is 0.634. The second-order valence-corrected chi connectivity index (χ2v) is 4.68. The minimum atomic E-state index is 0. The number of guanidine groups is 1. The minimum absolute atomic E-state index is 0. The van der Waals surface area contributed by atoms with Gasteiger partial charge in [0.15, 0.2) is 5.96 Å². The molecule has 0 aliphatic heterocycles. The molecule has 5 heteroatoms. The Labute approximate surface area is 128 Å². The number of hydrogen-bond acceptors (Lipinski definition) is 2. The monoisotopic (exact) mass is 369 g/mol. The fourth-order valence-corrected chi connectivity index (χ4v) is 2.21. The normalized spacial score (nSPS) is 16.4. The minimum Gasteiger partial charge on any atom is -0.385 e. The molecule has 0 unspecified atom stereocenters. The van der Waals surface area contributed by atoms with Gasteiger partial charge in [-0.3, -0.25) is 4.99 Å². The molecule has 0 heterocycles. The lowest BCUT2D eigenvalue weighted by atomic mass is 10.2. The molecular weight excluding hydrogens is 341 g/mol. The van der Waals surface area contributed by atoms with Crippen molar-refractivity contribution in [2.24, 2.45) is 4.99 Å². The quantitative estimate of drug-likeness (QED) is 0.314. The van der Waals surface area contributed by atoms with E-state index in [4.69, 9.17) is 4.74 Å². The predicted octanol–water partition coefficient (Wildman–Crippen LogP) is 2.53. The van der Waals surface area contributed by atoms with Crippen LogP contribution in [0.15, 0.2) is 4.99 Å². The molecule has 1 saturated carbocycles. The van der Waals surface area contributed by atoms with E-state index in [0.717, 1.165) is 25.5 Å². The predicted molar refractivity (Wildman–Crippen MR) is 87.9 cm³/mol. The van der Waals surface area contributed by atoms with Gasteiger partial charge in [-0.25, -0.2) is 0 Å². The highest BCUT2D eigenvalue weighted by Gasteiger charge is 2.15. The first-order valence-corrected chi connectivity index (χ1v) is 6.83. The van der Waals surface area contributed by atoms with Gasteiger partial charge in [-0.15, -0.1) is 24.0 Å². The third kappa shape index (κ3) is 8.13.